The largest absolute Gasteiger partial charge is 0.444 e. The molecule has 0 aliphatic carbocycles. The molecule has 0 spiro atoms. The number of carbonyl (C=O) groups excluding carboxylic acids is 2. The van der Waals surface area contributed by atoms with Crippen LogP contribution in [0.15, 0.2) is 53.5 Å². The third-order valence-corrected chi connectivity index (χ3v) is 7.41. The fourth-order valence-electron chi connectivity index (χ4n) is 5.23. The van der Waals surface area contributed by atoms with Crippen LogP contribution in [0.1, 0.15) is 59.0 Å². The number of alkyl carbamates (subject to hydrolysis) is 1. The Bertz CT molecular complexity index is 1820. The number of hydrogen-bond acceptors (Lipinski definition) is 7. The summed E-state index contributed by atoms with van der Waals surface area (Å²) in [7, 11) is 0. The fourth-order valence-corrected chi connectivity index (χ4v) is 5.23. The standard InChI is InChI=1S/C32H37F2N7O4/c1-18-15-39(17-25(18)36-30(44)45-32(5,6)7)27-19-16-40(31(2,3)4)37-22(19)11-12-23(27)35-29(43)24-13-14-26(42)41(38-24)28-20(33)9-8-10-21(28)34/h8-14,16,18,25H,15,17H2,1-7H3,(H,35,43)(H,36,44)/t18-,25+/m1/s1. The Morgan fingerprint density at radius 2 is 1.62 bits per heavy atom. The summed E-state index contributed by atoms with van der Waals surface area (Å²) < 4.78 is 36.8. The Morgan fingerprint density at radius 3 is 2.27 bits per heavy atom. The van der Waals surface area contributed by atoms with Crippen molar-refractivity contribution in [1.29, 1.82) is 0 Å². The van der Waals surface area contributed by atoms with Crippen LogP contribution in [0.25, 0.3) is 16.6 Å². The van der Waals surface area contributed by atoms with Gasteiger partial charge in [0.15, 0.2) is 11.6 Å². The van der Waals surface area contributed by atoms with Crippen LogP contribution in [-0.4, -0.2) is 56.3 Å². The zero-order chi connectivity index (χ0) is 32.8. The summed E-state index contributed by atoms with van der Waals surface area (Å²) in [5.74, 6) is -2.65. The van der Waals surface area contributed by atoms with Crippen molar-refractivity contribution < 1.29 is 23.1 Å². The van der Waals surface area contributed by atoms with Gasteiger partial charge in [-0.05, 0) is 77.8 Å². The van der Waals surface area contributed by atoms with Gasteiger partial charge in [-0.1, -0.05) is 13.0 Å². The average Bonchev–Trinajstić information content (AvgIpc) is 3.52. The molecule has 2 N–H and O–H groups in total. The topological polar surface area (TPSA) is 123 Å². The first-order valence-corrected chi connectivity index (χ1v) is 14.7. The van der Waals surface area contributed by atoms with E-state index in [1.807, 2.05) is 38.6 Å². The van der Waals surface area contributed by atoms with Crippen molar-refractivity contribution in [2.45, 2.75) is 65.6 Å². The van der Waals surface area contributed by atoms with Crippen molar-refractivity contribution in [1.82, 2.24) is 24.9 Å². The Hall–Kier alpha value is -4.81. The van der Waals surface area contributed by atoms with Crippen LogP contribution in [0, 0.1) is 17.6 Å². The summed E-state index contributed by atoms with van der Waals surface area (Å²) in [4.78, 5) is 40.7. The van der Waals surface area contributed by atoms with E-state index in [2.05, 4.69) is 20.6 Å². The molecule has 1 saturated heterocycles. The van der Waals surface area contributed by atoms with Gasteiger partial charge in [0.2, 0.25) is 0 Å². The number of halogens is 2. The molecule has 1 fully saturated rings. The van der Waals surface area contributed by atoms with E-state index in [0.717, 1.165) is 23.6 Å². The van der Waals surface area contributed by atoms with Gasteiger partial charge in [0.05, 0.1) is 28.5 Å². The van der Waals surface area contributed by atoms with Crippen molar-refractivity contribution >= 4 is 34.3 Å². The van der Waals surface area contributed by atoms with Gasteiger partial charge >= 0.3 is 6.09 Å². The number of nitrogens with one attached hydrogen (secondary N) is 2. The van der Waals surface area contributed by atoms with Gasteiger partial charge in [-0.25, -0.2) is 13.6 Å². The molecule has 5 rings (SSSR count). The highest BCUT2D eigenvalue weighted by atomic mass is 19.1. The summed E-state index contributed by atoms with van der Waals surface area (Å²) >= 11 is 0. The number of hydrogen-bond donors (Lipinski definition) is 2. The molecule has 238 valence electrons. The number of rotatable bonds is 5. The molecule has 11 nitrogen and oxygen atoms in total. The van der Waals surface area contributed by atoms with Crippen molar-refractivity contribution in [3.05, 3.63) is 76.3 Å². The molecule has 0 saturated carbocycles. The van der Waals surface area contributed by atoms with Crippen LogP contribution >= 0.6 is 0 Å². The highest BCUT2D eigenvalue weighted by Crippen LogP contribution is 2.38. The number of amides is 2. The van der Waals surface area contributed by atoms with Crippen molar-refractivity contribution in [2.24, 2.45) is 5.92 Å². The lowest BCUT2D eigenvalue weighted by Gasteiger charge is -2.24. The molecule has 2 aromatic heterocycles. The monoisotopic (exact) mass is 621 g/mol. The minimum atomic E-state index is -0.997. The quantitative estimate of drug-likeness (QED) is 0.313. The van der Waals surface area contributed by atoms with E-state index in [4.69, 9.17) is 9.84 Å². The first-order valence-electron chi connectivity index (χ1n) is 14.7. The fraction of sp³-hybridized carbons (Fsp3) is 0.406. The van der Waals surface area contributed by atoms with E-state index in [9.17, 15) is 23.2 Å². The number of aromatic nitrogens is 4. The second-order valence-electron chi connectivity index (χ2n) is 13.3. The summed E-state index contributed by atoms with van der Waals surface area (Å²) in [6.07, 6.45) is 1.40. The maximum Gasteiger partial charge on any atom is 0.407 e. The first kappa shape index (κ1) is 31.6. The number of ether oxygens (including phenoxy) is 1. The maximum atomic E-state index is 14.5. The minimum Gasteiger partial charge on any atom is -0.444 e. The van der Waals surface area contributed by atoms with Gasteiger partial charge in [0.1, 0.15) is 17.0 Å². The van der Waals surface area contributed by atoms with E-state index < -0.39 is 40.5 Å². The van der Waals surface area contributed by atoms with Crippen LogP contribution in [0.4, 0.5) is 25.0 Å². The smallest absolute Gasteiger partial charge is 0.407 e. The molecule has 1 aliphatic heterocycles. The molecule has 0 unspecified atom stereocenters. The Morgan fingerprint density at radius 1 is 0.933 bits per heavy atom. The molecule has 3 heterocycles. The molecule has 2 aromatic carbocycles. The van der Waals surface area contributed by atoms with E-state index in [1.54, 1.807) is 32.9 Å². The summed E-state index contributed by atoms with van der Waals surface area (Å²) in [5.41, 5.74) is -0.856. The van der Waals surface area contributed by atoms with Gasteiger partial charge in [0, 0.05) is 30.7 Å². The van der Waals surface area contributed by atoms with Crippen LogP contribution in [0.3, 0.4) is 0 Å². The molecule has 4 aromatic rings. The Balaban J connectivity index is 1.52. The second-order valence-corrected chi connectivity index (χ2v) is 13.3. The van der Waals surface area contributed by atoms with Gasteiger partial charge < -0.3 is 20.3 Å². The SMILES string of the molecule is C[C@@H]1CN(c2c(NC(=O)c3ccc(=O)n(-c4c(F)cccc4F)n3)ccc3nn(C(C)(C)C)cc23)C[C@@H]1NC(=O)OC(C)(C)C. The molecule has 2 atom stereocenters. The summed E-state index contributed by atoms with van der Waals surface area (Å²) in [6, 6.07) is 8.67. The lowest BCUT2D eigenvalue weighted by atomic mass is 10.1. The number of anilines is 2. The molecule has 2 amide bonds. The Labute approximate surface area is 259 Å². The lowest BCUT2D eigenvalue weighted by molar-refractivity contribution is 0.0499. The van der Waals surface area contributed by atoms with Crippen LogP contribution < -0.4 is 21.1 Å². The molecule has 1 aliphatic rings. The molecule has 0 bridgehead atoms. The van der Waals surface area contributed by atoms with Gasteiger partial charge in [-0.15, -0.1) is 0 Å². The zero-order valence-electron chi connectivity index (χ0n) is 26.3. The molecule has 0 radical (unpaired) electrons. The molecular formula is C32H37F2N7O4. The number of fused-ring (bicyclic) bond motifs is 1. The van der Waals surface area contributed by atoms with Crippen LogP contribution in [0.2, 0.25) is 0 Å². The summed E-state index contributed by atoms with van der Waals surface area (Å²) in [6.45, 7) is 14.5. The number of para-hydroxylation sites is 1. The molecular weight excluding hydrogens is 584 g/mol. The summed E-state index contributed by atoms with van der Waals surface area (Å²) in [5, 5.41) is 15.4. The highest BCUT2D eigenvalue weighted by Gasteiger charge is 2.35. The second kappa shape index (κ2) is 11.6. The minimum absolute atomic E-state index is 0.0369. The van der Waals surface area contributed by atoms with Crippen molar-refractivity contribution in [3.8, 4) is 5.69 Å². The lowest BCUT2D eigenvalue weighted by Crippen LogP contribution is -2.42. The van der Waals surface area contributed by atoms with Crippen LogP contribution in [-0.2, 0) is 10.3 Å². The van der Waals surface area contributed by atoms with Crippen molar-refractivity contribution in [2.75, 3.05) is 23.3 Å². The molecule has 13 heteroatoms. The van der Waals surface area contributed by atoms with E-state index >= 15 is 0 Å². The number of benzene rings is 2. The third kappa shape index (κ3) is 6.66. The van der Waals surface area contributed by atoms with Gasteiger partial charge in [0.25, 0.3) is 11.5 Å². The van der Waals surface area contributed by atoms with E-state index in [0.29, 0.717) is 34.7 Å². The number of nitrogens with zero attached hydrogens (tertiary/aromatic N) is 5. The predicted molar refractivity (Wildman–Crippen MR) is 167 cm³/mol. The van der Waals surface area contributed by atoms with Crippen molar-refractivity contribution in [3.63, 3.8) is 0 Å². The third-order valence-electron chi connectivity index (χ3n) is 7.41. The average molecular weight is 622 g/mol. The van der Waals surface area contributed by atoms with E-state index in [-0.39, 0.29) is 23.2 Å². The number of carbonyl (C=O) groups is 2. The molecule has 45 heavy (non-hydrogen) atoms. The zero-order valence-corrected chi connectivity index (χ0v) is 26.3. The Kier molecular flexibility index (Phi) is 8.15. The van der Waals surface area contributed by atoms with Gasteiger partial charge in [-0.2, -0.15) is 14.9 Å². The van der Waals surface area contributed by atoms with Crippen LogP contribution in [0.5, 0.6) is 0 Å². The predicted octanol–water partition coefficient (Wildman–Crippen LogP) is 5.22. The van der Waals surface area contributed by atoms with E-state index in [1.165, 1.54) is 12.1 Å². The maximum absolute atomic E-state index is 14.5. The van der Waals surface area contributed by atoms with Gasteiger partial charge in [-0.3, -0.25) is 14.3 Å². The highest BCUT2D eigenvalue weighted by molar-refractivity contribution is 6.08. The first-order chi connectivity index (χ1) is 21.0. The normalized spacial score (nSPS) is 17.0.